The van der Waals surface area contributed by atoms with Gasteiger partial charge in [0.1, 0.15) is 0 Å². The summed E-state index contributed by atoms with van der Waals surface area (Å²) in [5, 5.41) is 2.62. The maximum Gasteiger partial charge on any atom is 0.418 e. The summed E-state index contributed by atoms with van der Waals surface area (Å²) in [7, 11) is 3.00. The Bertz CT molecular complexity index is 441. The summed E-state index contributed by atoms with van der Waals surface area (Å²) >= 11 is 0. The molecule has 100 valence electrons. The first kappa shape index (κ1) is 14.3. The molecule has 0 bridgehead atoms. The van der Waals surface area contributed by atoms with Crippen molar-refractivity contribution in [2.24, 2.45) is 0 Å². The summed E-state index contributed by atoms with van der Waals surface area (Å²) in [5.41, 5.74) is -0.958. The maximum atomic E-state index is 12.9. The number of hydrogen-bond donors (Lipinski definition) is 1. The zero-order chi connectivity index (χ0) is 13.9. The van der Waals surface area contributed by atoms with Crippen molar-refractivity contribution in [1.29, 1.82) is 0 Å². The topological polar surface area (TPSA) is 32.3 Å². The summed E-state index contributed by atoms with van der Waals surface area (Å²) in [5.74, 6) is -0.461. The largest absolute Gasteiger partial charge is 0.418 e. The van der Waals surface area contributed by atoms with Gasteiger partial charge in [-0.15, -0.1) is 0 Å². The number of halogens is 3. The van der Waals surface area contributed by atoms with Crippen molar-refractivity contribution < 1.29 is 18.0 Å². The van der Waals surface area contributed by atoms with Gasteiger partial charge < -0.3 is 10.2 Å². The van der Waals surface area contributed by atoms with Gasteiger partial charge in [0, 0.05) is 20.6 Å². The highest BCUT2D eigenvalue weighted by Crippen LogP contribution is 2.36. The van der Waals surface area contributed by atoms with Crippen LogP contribution in [-0.4, -0.2) is 31.4 Å². The highest BCUT2D eigenvalue weighted by molar-refractivity contribution is 6.00. The third-order valence-corrected chi connectivity index (χ3v) is 2.36. The maximum absolute atomic E-state index is 12.9. The van der Waals surface area contributed by atoms with Gasteiger partial charge >= 0.3 is 6.18 Å². The van der Waals surface area contributed by atoms with E-state index < -0.39 is 17.6 Å². The number of anilines is 1. The van der Waals surface area contributed by atoms with Crippen LogP contribution in [0.4, 0.5) is 18.9 Å². The molecule has 0 aliphatic heterocycles. The van der Waals surface area contributed by atoms with Gasteiger partial charge in [-0.05, 0) is 19.1 Å². The fourth-order valence-electron chi connectivity index (χ4n) is 1.57. The van der Waals surface area contributed by atoms with Crippen LogP contribution in [0, 0.1) is 0 Å². The summed E-state index contributed by atoms with van der Waals surface area (Å²) in [6.07, 6.45) is -4.49. The number of hydrogen-bond acceptors (Lipinski definition) is 2. The van der Waals surface area contributed by atoms with Crippen LogP contribution in [0.1, 0.15) is 22.8 Å². The lowest BCUT2D eigenvalue weighted by Gasteiger charge is -2.19. The van der Waals surface area contributed by atoms with Crippen LogP contribution < -0.4 is 5.32 Å². The Morgan fingerprint density at radius 3 is 2.39 bits per heavy atom. The zero-order valence-corrected chi connectivity index (χ0v) is 10.4. The van der Waals surface area contributed by atoms with Crippen molar-refractivity contribution in [2.75, 3.05) is 26.0 Å². The molecule has 1 N–H and O–H groups in total. The van der Waals surface area contributed by atoms with Crippen LogP contribution >= 0.6 is 0 Å². The number of nitrogens with zero attached hydrogens (tertiary/aromatic N) is 1. The van der Waals surface area contributed by atoms with Crippen LogP contribution in [0.5, 0.6) is 0 Å². The number of alkyl halides is 3. The van der Waals surface area contributed by atoms with Gasteiger partial charge in [-0.1, -0.05) is 6.07 Å². The van der Waals surface area contributed by atoms with Crippen LogP contribution in [0.15, 0.2) is 18.2 Å². The third kappa shape index (κ3) is 2.94. The molecule has 1 amide bonds. The average Bonchev–Trinajstić information content (AvgIpc) is 2.27. The van der Waals surface area contributed by atoms with Gasteiger partial charge in [-0.25, -0.2) is 0 Å². The monoisotopic (exact) mass is 260 g/mol. The van der Waals surface area contributed by atoms with Gasteiger partial charge in [-0.2, -0.15) is 13.2 Å². The molecular weight excluding hydrogens is 245 g/mol. The first-order valence-electron chi connectivity index (χ1n) is 5.44. The smallest absolute Gasteiger partial charge is 0.384 e. The first-order chi connectivity index (χ1) is 8.29. The van der Waals surface area contributed by atoms with E-state index in [-0.39, 0.29) is 11.3 Å². The molecule has 0 atom stereocenters. The lowest BCUT2D eigenvalue weighted by Crippen LogP contribution is -2.24. The van der Waals surface area contributed by atoms with Crippen LogP contribution in [0.3, 0.4) is 0 Å². The van der Waals surface area contributed by atoms with Crippen molar-refractivity contribution in [3.05, 3.63) is 29.3 Å². The van der Waals surface area contributed by atoms with E-state index in [1.807, 2.05) is 0 Å². The Kier molecular flexibility index (Phi) is 4.21. The molecule has 0 saturated carbocycles. The molecule has 18 heavy (non-hydrogen) atoms. The number of nitrogens with one attached hydrogen (secondary N) is 1. The predicted molar refractivity (Wildman–Crippen MR) is 63.6 cm³/mol. The van der Waals surface area contributed by atoms with Gasteiger partial charge in [0.25, 0.3) is 5.91 Å². The van der Waals surface area contributed by atoms with Crippen molar-refractivity contribution >= 4 is 11.6 Å². The van der Waals surface area contributed by atoms with E-state index in [2.05, 4.69) is 5.32 Å². The highest BCUT2D eigenvalue weighted by Gasteiger charge is 2.35. The molecule has 0 spiro atoms. The molecule has 0 aliphatic carbocycles. The van der Waals surface area contributed by atoms with Crippen LogP contribution in [-0.2, 0) is 6.18 Å². The Balaban J connectivity index is 3.39. The fourth-order valence-corrected chi connectivity index (χ4v) is 1.57. The average molecular weight is 260 g/mol. The van der Waals surface area contributed by atoms with E-state index >= 15 is 0 Å². The number of para-hydroxylation sites is 1. The molecule has 6 heteroatoms. The number of rotatable bonds is 3. The number of benzene rings is 1. The van der Waals surface area contributed by atoms with E-state index in [1.165, 1.54) is 31.1 Å². The minimum absolute atomic E-state index is 0.0247. The highest BCUT2D eigenvalue weighted by atomic mass is 19.4. The van der Waals surface area contributed by atoms with Gasteiger partial charge in [-0.3, -0.25) is 4.79 Å². The molecule has 0 saturated heterocycles. The minimum atomic E-state index is -4.49. The normalized spacial score (nSPS) is 11.2. The molecule has 0 fully saturated rings. The molecule has 0 aromatic heterocycles. The van der Waals surface area contributed by atoms with E-state index in [4.69, 9.17) is 0 Å². The molecule has 1 aromatic carbocycles. The van der Waals surface area contributed by atoms with Crippen LogP contribution in [0.2, 0.25) is 0 Å². The molecule has 3 nitrogen and oxygen atoms in total. The van der Waals surface area contributed by atoms with Crippen molar-refractivity contribution in [2.45, 2.75) is 13.1 Å². The SMILES string of the molecule is CCNc1c(C(=O)N(C)C)cccc1C(F)(F)F. The van der Waals surface area contributed by atoms with E-state index in [0.29, 0.717) is 6.54 Å². The van der Waals surface area contributed by atoms with Gasteiger partial charge in [0.05, 0.1) is 16.8 Å². The Morgan fingerprint density at radius 1 is 1.33 bits per heavy atom. The molecule has 0 heterocycles. The summed E-state index contributed by atoms with van der Waals surface area (Å²) < 4.78 is 38.6. The molecule has 0 aliphatic rings. The second-order valence-corrected chi connectivity index (χ2v) is 3.96. The second-order valence-electron chi connectivity index (χ2n) is 3.96. The van der Waals surface area contributed by atoms with Crippen LogP contribution in [0.25, 0.3) is 0 Å². The van der Waals surface area contributed by atoms with E-state index in [1.54, 1.807) is 6.92 Å². The van der Waals surface area contributed by atoms with Crippen molar-refractivity contribution in [3.8, 4) is 0 Å². The third-order valence-electron chi connectivity index (χ3n) is 2.36. The Hall–Kier alpha value is -1.72. The number of carbonyl (C=O) groups is 1. The van der Waals surface area contributed by atoms with Crippen molar-refractivity contribution in [1.82, 2.24) is 4.90 Å². The summed E-state index contributed by atoms with van der Waals surface area (Å²) in [6.45, 7) is 1.98. The molecular formula is C12H15F3N2O. The Morgan fingerprint density at radius 2 is 1.94 bits per heavy atom. The van der Waals surface area contributed by atoms with E-state index in [0.717, 1.165) is 6.07 Å². The molecule has 1 rings (SSSR count). The number of carbonyl (C=O) groups excluding carboxylic acids is 1. The lowest BCUT2D eigenvalue weighted by atomic mass is 10.1. The molecule has 1 aromatic rings. The lowest BCUT2D eigenvalue weighted by molar-refractivity contribution is -0.137. The summed E-state index contributed by atoms with van der Waals surface area (Å²) in [6, 6.07) is 3.58. The number of amides is 1. The first-order valence-corrected chi connectivity index (χ1v) is 5.44. The standard InChI is InChI=1S/C12H15F3N2O/c1-4-16-10-8(11(18)17(2)3)6-5-7-9(10)12(13,14)15/h5-7,16H,4H2,1-3H3. The zero-order valence-electron chi connectivity index (χ0n) is 10.4. The van der Waals surface area contributed by atoms with Gasteiger partial charge in [0.2, 0.25) is 0 Å². The predicted octanol–water partition coefficient (Wildman–Crippen LogP) is 2.84. The quantitative estimate of drug-likeness (QED) is 0.906. The molecule has 0 radical (unpaired) electrons. The fraction of sp³-hybridized carbons (Fsp3) is 0.417. The second kappa shape index (κ2) is 5.29. The summed E-state index contributed by atoms with van der Waals surface area (Å²) in [4.78, 5) is 13.1. The van der Waals surface area contributed by atoms with E-state index in [9.17, 15) is 18.0 Å². The molecule has 0 unspecified atom stereocenters. The van der Waals surface area contributed by atoms with Crippen molar-refractivity contribution in [3.63, 3.8) is 0 Å². The van der Waals surface area contributed by atoms with Gasteiger partial charge in [0.15, 0.2) is 0 Å². The minimum Gasteiger partial charge on any atom is -0.384 e. The Labute approximate surface area is 104 Å².